The highest BCUT2D eigenvalue weighted by molar-refractivity contribution is 5.94. The predicted molar refractivity (Wildman–Crippen MR) is 148 cm³/mol. The number of aromatic hydroxyl groups is 1. The van der Waals surface area contributed by atoms with Crippen LogP contribution in [-0.4, -0.2) is 91.0 Å². The number of nitrogens with two attached hydrogens (primary N) is 1. The number of carboxylic acids is 1. The van der Waals surface area contributed by atoms with E-state index < -0.39 is 72.4 Å². The Balaban J connectivity index is 3.10. The molecule has 230 valence electrons. The third kappa shape index (κ3) is 12.5. The van der Waals surface area contributed by atoms with Crippen LogP contribution in [0, 0.1) is 5.92 Å². The molecule has 0 aromatic heterocycles. The predicted octanol–water partition coefficient (Wildman–Crippen LogP) is -0.618. The number of aliphatic carboxylic acids is 1. The first kappa shape index (κ1) is 35.3. The van der Waals surface area contributed by atoms with Crippen LogP contribution in [0.25, 0.3) is 0 Å². The van der Waals surface area contributed by atoms with Crippen molar-refractivity contribution in [3.05, 3.63) is 29.8 Å². The molecular weight excluding hydrogens is 538 g/mol. The maximum absolute atomic E-state index is 13.4. The molecule has 14 heteroatoms. The molecule has 0 spiro atoms. The number of carboxylic acid groups (broad SMARTS) is 1. The largest absolute Gasteiger partial charge is 0.508 e. The third-order valence-corrected chi connectivity index (χ3v) is 6.16. The van der Waals surface area contributed by atoms with E-state index in [4.69, 9.17) is 15.2 Å². The van der Waals surface area contributed by atoms with Gasteiger partial charge in [0.15, 0.2) is 6.29 Å². The second-order valence-electron chi connectivity index (χ2n) is 9.90. The van der Waals surface area contributed by atoms with Crippen molar-refractivity contribution < 1.29 is 43.7 Å². The highest BCUT2D eigenvalue weighted by Gasteiger charge is 2.33. The number of hydrogen-bond donors (Lipinski definition) is 7. The summed E-state index contributed by atoms with van der Waals surface area (Å²) in [6.45, 7) is 4.91. The number of phenolic OH excluding ortho intramolecular Hbond substituents is 1. The average Bonchev–Trinajstić information content (AvgIpc) is 2.89. The van der Waals surface area contributed by atoms with Gasteiger partial charge in [0.2, 0.25) is 23.6 Å². The van der Waals surface area contributed by atoms with E-state index in [2.05, 4.69) is 21.3 Å². The summed E-state index contributed by atoms with van der Waals surface area (Å²) in [5.41, 5.74) is 6.29. The molecule has 0 fully saturated rings. The van der Waals surface area contributed by atoms with Gasteiger partial charge in [0.25, 0.3) is 0 Å². The second-order valence-corrected chi connectivity index (χ2v) is 9.90. The molecule has 41 heavy (non-hydrogen) atoms. The molecule has 14 nitrogen and oxygen atoms in total. The summed E-state index contributed by atoms with van der Waals surface area (Å²) in [7, 11) is 2.60. The minimum absolute atomic E-state index is 0.0493. The van der Waals surface area contributed by atoms with Crippen LogP contribution in [0.1, 0.15) is 45.6 Å². The summed E-state index contributed by atoms with van der Waals surface area (Å²) in [5.74, 6) is -3.94. The van der Waals surface area contributed by atoms with Crippen LogP contribution in [0.3, 0.4) is 0 Å². The monoisotopic (exact) mass is 581 g/mol. The fraction of sp³-hybridized carbons (Fsp3) is 0.593. The van der Waals surface area contributed by atoms with Crippen molar-refractivity contribution in [3.63, 3.8) is 0 Å². The number of hydrogen-bond acceptors (Lipinski definition) is 9. The molecule has 1 rings (SSSR count). The van der Waals surface area contributed by atoms with Gasteiger partial charge in [-0.3, -0.25) is 24.0 Å². The standard InChI is InChI=1S/C27H43N5O9/c1-15(2)23(32-25(38)20(29-16(3)33)13-17-8-10-18(34)11-9-17)26(39)30-19(7-6-12-28)24(37)31-21(14-22(35)36)27(40-4)41-5/h8-11,15,19-21,23,27,34H,6-7,12-14,28H2,1-5H3,(H,29,33)(H,30,39)(H,31,37)(H,32,38)(H,35,36)/t19?,20?,21?,23-/m0/s1. The Bertz CT molecular complexity index is 1010. The Hall–Kier alpha value is -3.75. The van der Waals surface area contributed by atoms with Crippen molar-refractivity contribution in [2.24, 2.45) is 11.7 Å². The number of rotatable bonds is 18. The Morgan fingerprint density at radius 3 is 1.95 bits per heavy atom. The molecule has 4 amide bonds. The zero-order valence-electron chi connectivity index (χ0n) is 24.1. The highest BCUT2D eigenvalue weighted by Crippen LogP contribution is 2.13. The number of phenols is 1. The molecule has 0 heterocycles. The van der Waals surface area contributed by atoms with Crippen molar-refractivity contribution in [2.45, 2.75) is 76.9 Å². The van der Waals surface area contributed by atoms with Crippen molar-refractivity contribution in [2.75, 3.05) is 20.8 Å². The summed E-state index contributed by atoms with van der Waals surface area (Å²) in [6, 6.07) is 1.89. The molecule has 0 saturated heterocycles. The summed E-state index contributed by atoms with van der Waals surface area (Å²) >= 11 is 0. The van der Waals surface area contributed by atoms with Crippen LogP contribution in [0.5, 0.6) is 5.75 Å². The zero-order chi connectivity index (χ0) is 31.1. The Morgan fingerprint density at radius 2 is 1.46 bits per heavy atom. The van der Waals surface area contributed by atoms with Crippen molar-refractivity contribution in [3.8, 4) is 5.75 Å². The average molecular weight is 582 g/mol. The van der Waals surface area contributed by atoms with Gasteiger partial charge >= 0.3 is 5.97 Å². The van der Waals surface area contributed by atoms with Gasteiger partial charge in [-0.1, -0.05) is 26.0 Å². The Labute approximate surface area is 239 Å². The molecule has 1 aromatic rings. The quantitative estimate of drug-likeness (QED) is 0.109. The van der Waals surface area contributed by atoms with Crippen LogP contribution in [0.4, 0.5) is 0 Å². The van der Waals surface area contributed by atoms with Gasteiger partial charge in [-0.25, -0.2) is 0 Å². The molecule has 0 aliphatic rings. The highest BCUT2D eigenvalue weighted by atomic mass is 16.7. The van der Waals surface area contributed by atoms with E-state index in [1.165, 1.54) is 33.3 Å². The van der Waals surface area contributed by atoms with Crippen LogP contribution in [-0.2, 0) is 39.9 Å². The van der Waals surface area contributed by atoms with Gasteiger partial charge < -0.3 is 46.7 Å². The van der Waals surface area contributed by atoms with Gasteiger partial charge in [0.05, 0.1) is 12.5 Å². The van der Waals surface area contributed by atoms with Gasteiger partial charge in [0.1, 0.15) is 23.9 Å². The van der Waals surface area contributed by atoms with Gasteiger partial charge in [-0.05, 0) is 43.0 Å². The SMILES string of the molecule is COC(OC)C(CC(=O)O)NC(=O)C(CCCN)NC(=O)[C@@H](NC(=O)C(Cc1ccc(O)cc1)NC(C)=O)C(C)C. The van der Waals surface area contributed by atoms with E-state index in [0.717, 1.165) is 0 Å². The Morgan fingerprint density at radius 1 is 0.878 bits per heavy atom. The lowest BCUT2D eigenvalue weighted by Gasteiger charge is -2.29. The molecule has 3 unspecified atom stereocenters. The fourth-order valence-electron chi connectivity index (χ4n) is 4.07. The Kier molecular flexibility index (Phi) is 15.3. The summed E-state index contributed by atoms with van der Waals surface area (Å²) in [5, 5.41) is 29.2. The lowest BCUT2D eigenvalue weighted by Crippen LogP contribution is -2.59. The molecular formula is C27H43N5O9. The van der Waals surface area contributed by atoms with E-state index in [1.54, 1.807) is 26.0 Å². The molecule has 0 radical (unpaired) electrons. The number of amides is 4. The number of carbonyl (C=O) groups excluding carboxylic acids is 4. The molecule has 0 aliphatic heterocycles. The van der Waals surface area contributed by atoms with Crippen molar-refractivity contribution in [1.82, 2.24) is 21.3 Å². The van der Waals surface area contributed by atoms with Crippen molar-refractivity contribution in [1.29, 1.82) is 0 Å². The van der Waals surface area contributed by atoms with E-state index in [-0.39, 0.29) is 25.1 Å². The normalized spacial score (nSPS) is 14.0. The van der Waals surface area contributed by atoms with Crippen LogP contribution < -0.4 is 27.0 Å². The molecule has 0 saturated carbocycles. The van der Waals surface area contributed by atoms with E-state index in [1.807, 2.05) is 0 Å². The lowest BCUT2D eigenvalue weighted by atomic mass is 10.00. The maximum atomic E-state index is 13.4. The molecule has 0 aliphatic carbocycles. The second kappa shape index (κ2) is 17.8. The topological polar surface area (TPSA) is 218 Å². The first-order valence-electron chi connectivity index (χ1n) is 13.3. The molecule has 4 atom stereocenters. The maximum Gasteiger partial charge on any atom is 0.305 e. The minimum atomic E-state index is -1.19. The van der Waals surface area contributed by atoms with E-state index in [0.29, 0.717) is 12.0 Å². The van der Waals surface area contributed by atoms with Crippen molar-refractivity contribution >= 4 is 29.6 Å². The molecule has 8 N–H and O–H groups in total. The van der Waals surface area contributed by atoms with E-state index in [9.17, 15) is 34.2 Å². The number of ether oxygens (including phenoxy) is 2. The van der Waals surface area contributed by atoms with Gasteiger partial charge in [0, 0.05) is 27.6 Å². The summed E-state index contributed by atoms with van der Waals surface area (Å²) < 4.78 is 10.2. The first-order valence-corrected chi connectivity index (χ1v) is 13.3. The van der Waals surface area contributed by atoms with Crippen LogP contribution >= 0.6 is 0 Å². The molecule has 0 bridgehead atoms. The van der Waals surface area contributed by atoms with Gasteiger partial charge in [-0.15, -0.1) is 0 Å². The summed E-state index contributed by atoms with van der Waals surface area (Å²) in [6.07, 6.45) is -0.929. The number of carbonyl (C=O) groups is 5. The number of benzene rings is 1. The lowest BCUT2D eigenvalue weighted by molar-refractivity contribution is -0.151. The smallest absolute Gasteiger partial charge is 0.305 e. The number of methoxy groups -OCH3 is 2. The summed E-state index contributed by atoms with van der Waals surface area (Å²) in [4.78, 5) is 62.9. The minimum Gasteiger partial charge on any atom is -0.508 e. The van der Waals surface area contributed by atoms with Crippen LogP contribution in [0.15, 0.2) is 24.3 Å². The van der Waals surface area contributed by atoms with E-state index >= 15 is 0 Å². The molecule has 1 aromatic carbocycles. The zero-order valence-corrected chi connectivity index (χ0v) is 24.1. The fourth-order valence-corrected chi connectivity index (χ4v) is 4.07. The van der Waals surface area contributed by atoms with Gasteiger partial charge in [-0.2, -0.15) is 0 Å². The first-order chi connectivity index (χ1) is 19.3. The number of nitrogens with one attached hydrogen (secondary N) is 4. The van der Waals surface area contributed by atoms with Crippen LogP contribution in [0.2, 0.25) is 0 Å². The third-order valence-electron chi connectivity index (χ3n) is 6.16.